The molecule has 0 aromatic rings. The zero-order chi connectivity index (χ0) is 11.1. The van der Waals surface area contributed by atoms with Gasteiger partial charge in [-0.2, -0.15) is 0 Å². The van der Waals surface area contributed by atoms with Gasteiger partial charge in [0.05, 0.1) is 11.5 Å². The normalized spacial score (nSPS) is 30.4. The second-order valence-corrected chi connectivity index (χ2v) is 5.97. The van der Waals surface area contributed by atoms with E-state index in [0.29, 0.717) is 6.42 Å². The van der Waals surface area contributed by atoms with Crippen LogP contribution in [0.5, 0.6) is 0 Å². The Kier molecular flexibility index (Phi) is 2.41. The zero-order valence-corrected chi connectivity index (χ0v) is 8.83. The lowest BCUT2D eigenvalue weighted by Gasteiger charge is -2.30. The number of hydrogen-bond acceptors (Lipinski definition) is 5. The van der Waals surface area contributed by atoms with Gasteiger partial charge in [-0.15, -0.1) is 0 Å². The van der Waals surface area contributed by atoms with Crippen LogP contribution in [0.4, 0.5) is 0 Å². The summed E-state index contributed by atoms with van der Waals surface area (Å²) in [5.74, 6) is -0.724. The number of ether oxygens (including phenoxy) is 1. The van der Waals surface area contributed by atoms with Crippen molar-refractivity contribution in [2.45, 2.75) is 12.5 Å². The summed E-state index contributed by atoms with van der Waals surface area (Å²) in [5.41, 5.74) is 0. The summed E-state index contributed by atoms with van der Waals surface area (Å²) in [5, 5.41) is 0. The van der Waals surface area contributed by atoms with Gasteiger partial charge in [0, 0.05) is 6.04 Å². The van der Waals surface area contributed by atoms with E-state index in [2.05, 4.69) is 4.74 Å². The molecule has 0 bridgehead atoms. The first-order valence-corrected chi connectivity index (χ1v) is 6.45. The minimum Gasteiger partial charge on any atom is -0.454 e. The number of hydrogen-bond donors (Lipinski definition) is 0. The van der Waals surface area contributed by atoms with Gasteiger partial charge in [-0.25, -0.2) is 8.42 Å². The summed E-state index contributed by atoms with van der Waals surface area (Å²) in [6, 6.07) is -0.352. The van der Waals surface area contributed by atoms with Gasteiger partial charge >= 0.3 is 5.97 Å². The molecule has 0 radical (unpaired) electrons. The number of sulfone groups is 1. The predicted octanol–water partition coefficient (Wildman–Crippen LogP) is -1.44. The molecule has 2 fully saturated rings. The molecule has 0 aromatic heterocycles. The van der Waals surface area contributed by atoms with E-state index in [1.165, 1.54) is 4.90 Å². The van der Waals surface area contributed by atoms with Crippen molar-refractivity contribution in [2.24, 2.45) is 0 Å². The third-order valence-electron chi connectivity index (χ3n) is 2.63. The Hall–Kier alpha value is -1.11. The SMILES string of the molecule is O=C1CN([C@@H]2CCS(=O)(=O)C2)C(=O)CO1. The van der Waals surface area contributed by atoms with Crippen LogP contribution >= 0.6 is 0 Å². The number of amides is 1. The summed E-state index contributed by atoms with van der Waals surface area (Å²) < 4.78 is 27.0. The first-order valence-electron chi connectivity index (χ1n) is 4.63. The Morgan fingerprint density at radius 1 is 1.33 bits per heavy atom. The van der Waals surface area contributed by atoms with E-state index in [4.69, 9.17) is 0 Å². The summed E-state index contributed by atoms with van der Waals surface area (Å²) in [4.78, 5) is 23.7. The molecule has 0 aliphatic carbocycles. The van der Waals surface area contributed by atoms with Gasteiger partial charge in [-0.05, 0) is 6.42 Å². The van der Waals surface area contributed by atoms with Crippen molar-refractivity contribution in [1.82, 2.24) is 4.90 Å². The largest absolute Gasteiger partial charge is 0.454 e. The van der Waals surface area contributed by atoms with E-state index in [1.54, 1.807) is 0 Å². The molecule has 0 N–H and O–H groups in total. The van der Waals surface area contributed by atoms with Crippen molar-refractivity contribution in [1.29, 1.82) is 0 Å². The highest BCUT2D eigenvalue weighted by Crippen LogP contribution is 2.19. The minimum absolute atomic E-state index is 0.0357. The van der Waals surface area contributed by atoms with E-state index in [0.717, 1.165) is 0 Å². The van der Waals surface area contributed by atoms with Crippen LogP contribution in [0.1, 0.15) is 6.42 Å². The highest BCUT2D eigenvalue weighted by Gasteiger charge is 2.37. The highest BCUT2D eigenvalue weighted by molar-refractivity contribution is 7.91. The summed E-state index contributed by atoms with van der Waals surface area (Å²) in [6.45, 7) is -0.394. The van der Waals surface area contributed by atoms with Crippen LogP contribution < -0.4 is 0 Å². The number of rotatable bonds is 1. The fraction of sp³-hybridized carbons (Fsp3) is 0.750. The fourth-order valence-electron chi connectivity index (χ4n) is 1.85. The number of morpholine rings is 1. The van der Waals surface area contributed by atoms with E-state index in [9.17, 15) is 18.0 Å². The van der Waals surface area contributed by atoms with Crippen molar-refractivity contribution in [2.75, 3.05) is 24.7 Å². The van der Waals surface area contributed by atoms with Gasteiger partial charge < -0.3 is 9.64 Å². The van der Waals surface area contributed by atoms with E-state index >= 15 is 0 Å². The number of cyclic esters (lactones) is 1. The third-order valence-corrected chi connectivity index (χ3v) is 4.38. The Balaban J connectivity index is 2.10. The Morgan fingerprint density at radius 3 is 2.67 bits per heavy atom. The zero-order valence-electron chi connectivity index (χ0n) is 8.01. The molecule has 15 heavy (non-hydrogen) atoms. The maximum Gasteiger partial charge on any atom is 0.326 e. The smallest absolute Gasteiger partial charge is 0.326 e. The van der Waals surface area contributed by atoms with Crippen molar-refractivity contribution in [3.63, 3.8) is 0 Å². The molecule has 6 nitrogen and oxygen atoms in total. The fourth-order valence-corrected chi connectivity index (χ4v) is 3.58. The van der Waals surface area contributed by atoms with Gasteiger partial charge in [-0.3, -0.25) is 9.59 Å². The summed E-state index contributed by atoms with van der Waals surface area (Å²) >= 11 is 0. The Bertz CT molecular complexity index is 401. The molecular formula is C8H11NO5S. The minimum atomic E-state index is -3.03. The molecular weight excluding hydrogens is 222 g/mol. The number of carbonyl (C=O) groups is 2. The number of esters is 1. The highest BCUT2D eigenvalue weighted by atomic mass is 32.2. The number of carbonyl (C=O) groups excluding carboxylic acids is 2. The van der Waals surface area contributed by atoms with Crippen LogP contribution in [0, 0.1) is 0 Å². The average molecular weight is 233 g/mol. The summed E-state index contributed by atoms with van der Waals surface area (Å²) in [6.07, 6.45) is 0.418. The lowest BCUT2D eigenvalue weighted by Crippen LogP contribution is -2.50. The van der Waals surface area contributed by atoms with Crippen LogP contribution in [0.2, 0.25) is 0 Å². The number of nitrogens with zero attached hydrogens (tertiary/aromatic N) is 1. The van der Waals surface area contributed by atoms with Gasteiger partial charge in [-0.1, -0.05) is 0 Å². The molecule has 1 amide bonds. The lowest BCUT2D eigenvalue weighted by atomic mass is 10.2. The molecule has 0 saturated carbocycles. The van der Waals surface area contributed by atoms with Crippen molar-refractivity contribution >= 4 is 21.7 Å². The maximum absolute atomic E-state index is 11.4. The molecule has 7 heteroatoms. The average Bonchev–Trinajstić information content (AvgIpc) is 2.50. The maximum atomic E-state index is 11.4. The molecule has 1 atom stereocenters. The van der Waals surface area contributed by atoms with Crippen molar-refractivity contribution in [3.05, 3.63) is 0 Å². The molecule has 2 aliphatic heterocycles. The Labute approximate surface area is 87.1 Å². The third kappa shape index (κ3) is 2.11. The molecule has 0 aromatic carbocycles. The monoisotopic (exact) mass is 233 g/mol. The van der Waals surface area contributed by atoms with Crippen LogP contribution in [0.15, 0.2) is 0 Å². The van der Waals surface area contributed by atoms with E-state index in [-0.39, 0.29) is 36.6 Å². The van der Waals surface area contributed by atoms with Crippen molar-refractivity contribution in [3.8, 4) is 0 Å². The standard InChI is InChI=1S/C8H11NO5S/c10-7-4-14-8(11)3-9(7)6-1-2-15(12,13)5-6/h6H,1-5H2/t6-/m1/s1. The summed E-state index contributed by atoms with van der Waals surface area (Å²) in [7, 11) is -3.03. The first kappa shape index (κ1) is 10.4. The molecule has 2 rings (SSSR count). The quantitative estimate of drug-likeness (QED) is 0.518. The van der Waals surface area contributed by atoms with Gasteiger partial charge in [0.1, 0.15) is 6.54 Å². The Morgan fingerprint density at radius 2 is 2.07 bits per heavy atom. The first-order chi connectivity index (χ1) is 6.98. The lowest BCUT2D eigenvalue weighted by molar-refractivity contribution is -0.164. The second kappa shape index (κ2) is 3.48. The van der Waals surface area contributed by atoms with Crippen LogP contribution in [-0.4, -0.2) is 55.9 Å². The van der Waals surface area contributed by atoms with Crippen molar-refractivity contribution < 1.29 is 22.7 Å². The predicted molar refractivity (Wildman–Crippen MR) is 49.7 cm³/mol. The second-order valence-electron chi connectivity index (χ2n) is 3.74. The molecule has 2 saturated heterocycles. The van der Waals surface area contributed by atoms with Crippen LogP contribution in [0.25, 0.3) is 0 Å². The van der Waals surface area contributed by atoms with Gasteiger partial charge in [0.15, 0.2) is 16.4 Å². The molecule has 84 valence electrons. The topological polar surface area (TPSA) is 80.8 Å². The molecule has 2 aliphatic rings. The van der Waals surface area contributed by atoms with E-state index < -0.39 is 15.8 Å². The van der Waals surface area contributed by atoms with Crippen LogP contribution in [0.3, 0.4) is 0 Å². The van der Waals surface area contributed by atoms with Gasteiger partial charge in [0.2, 0.25) is 0 Å². The van der Waals surface area contributed by atoms with E-state index in [1.807, 2.05) is 0 Å². The molecule has 2 heterocycles. The molecule has 0 unspecified atom stereocenters. The van der Waals surface area contributed by atoms with Gasteiger partial charge in [0.25, 0.3) is 5.91 Å². The van der Waals surface area contributed by atoms with Crippen LogP contribution in [-0.2, 0) is 24.2 Å². The molecule has 0 spiro atoms.